The summed E-state index contributed by atoms with van der Waals surface area (Å²) in [6.45, 7) is 0. The fourth-order valence-corrected chi connectivity index (χ4v) is 2.13. The van der Waals surface area contributed by atoms with Crippen molar-refractivity contribution in [3.05, 3.63) is 22.7 Å². The van der Waals surface area contributed by atoms with Crippen LogP contribution in [0.15, 0.2) is 12.1 Å². The lowest BCUT2D eigenvalue weighted by molar-refractivity contribution is 0.126. The molecular formula is C12H12ClFN2O. The van der Waals surface area contributed by atoms with Crippen LogP contribution in [0.5, 0.6) is 5.75 Å². The van der Waals surface area contributed by atoms with Gasteiger partial charge < -0.3 is 10.5 Å². The number of hydrogen-bond acceptors (Lipinski definition) is 3. The minimum absolute atomic E-state index is 0.269. The maximum absolute atomic E-state index is 13.4. The normalized spacial score (nSPS) is 23.4. The van der Waals surface area contributed by atoms with Gasteiger partial charge >= 0.3 is 0 Å². The Morgan fingerprint density at radius 3 is 2.82 bits per heavy atom. The third kappa shape index (κ3) is 2.45. The number of nitriles is 1. The van der Waals surface area contributed by atoms with Gasteiger partial charge in [0.1, 0.15) is 24.1 Å². The largest absolute Gasteiger partial charge is 0.485 e. The van der Waals surface area contributed by atoms with E-state index in [0.29, 0.717) is 29.8 Å². The summed E-state index contributed by atoms with van der Waals surface area (Å²) in [6.07, 6.45) is 0.605. The predicted molar refractivity (Wildman–Crippen MR) is 63.7 cm³/mol. The first-order chi connectivity index (χ1) is 8.11. The van der Waals surface area contributed by atoms with Gasteiger partial charge in [-0.05, 0) is 25.3 Å². The fraction of sp³-hybridized carbons (Fsp3) is 0.417. The average Bonchev–Trinajstić information content (AvgIpc) is 2.69. The number of rotatable bonds is 2. The molecule has 2 rings (SSSR count). The van der Waals surface area contributed by atoms with Gasteiger partial charge in [0.05, 0.1) is 16.3 Å². The number of nitrogens with two attached hydrogens (primary N) is 1. The lowest BCUT2D eigenvalue weighted by Gasteiger charge is -2.17. The second-order valence-electron chi connectivity index (χ2n) is 4.08. The number of nitrogens with zero attached hydrogens (tertiary/aromatic N) is 1. The number of alkyl halides is 1. The summed E-state index contributed by atoms with van der Waals surface area (Å²) >= 11 is 5.87. The number of benzene rings is 1. The van der Waals surface area contributed by atoms with E-state index in [9.17, 15) is 4.39 Å². The topological polar surface area (TPSA) is 59.0 Å². The van der Waals surface area contributed by atoms with Gasteiger partial charge in [-0.3, -0.25) is 0 Å². The quantitative estimate of drug-likeness (QED) is 0.825. The predicted octanol–water partition coefficient (Wildman–Crippen LogP) is 3.06. The molecule has 0 aromatic heterocycles. The van der Waals surface area contributed by atoms with E-state index in [2.05, 4.69) is 0 Å². The smallest absolute Gasteiger partial charge is 0.144 e. The van der Waals surface area contributed by atoms with Crippen molar-refractivity contribution in [3.63, 3.8) is 0 Å². The molecule has 90 valence electrons. The molecule has 0 amide bonds. The maximum Gasteiger partial charge on any atom is 0.144 e. The molecule has 1 aromatic carbocycles. The Kier molecular flexibility index (Phi) is 3.39. The highest BCUT2D eigenvalue weighted by atomic mass is 35.5. The molecule has 2 N–H and O–H groups in total. The first kappa shape index (κ1) is 12.0. The van der Waals surface area contributed by atoms with Crippen molar-refractivity contribution in [1.82, 2.24) is 0 Å². The van der Waals surface area contributed by atoms with Crippen LogP contribution in [0.3, 0.4) is 0 Å². The minimum Gasteiger partial charge on any atom is -0.485 e. The van der Waals surface area contributed by atoms with Crippen molar-refractivity contribution in [2.24, 2.45) is 0 Å². The van der Waals surface area contributed by atoms with Gasteiger partial charge in [0.25, 0.3) is 0 Å². The van der Waals surface area contributed by atoms with Gasteiger partial charge in [-0.1, -0.05) is 11.6 Å². The molecule has 2 atom stereocenters. The van der Waals surface area contributed by atoms with Crippen LogP contribution in [-0.4, -0.2) is 12.3 Å². The standard InChI is InChI=1S/C12H12ClFN2O/c13-8-5-12(10(16)4-7(8)6-15)17-11-3-1-2-9(11)14/h4-5,9,11H,1-3,16H2/t9-,11+/m0/s1. The second-order valence-corrected chi connectivity index (χ2v) is 4.49. The number of halogens is 2. The summed E-state index contributed by atoms with van der Waals surface area (Å²) in [5, 5.41) is 9.04. The molecule has 0 radical (unpaired) electrons. The molecule has 1 fully saturated rings. The molecule has 0 spiro atoms. The van der Waals surface area contributed by atoms with Gasteiger partial charge in [-0.2, -0.15) is 5.26 Å². The van der Waals surface area contributed by atoms with Gasteiger partial charge in [-0.25, -0.2) is 4.39 Å². The van der Waals surface area contributed by atoms with Crippen LogP contribution in [0.4, 0.5) is 10.1 Å². The van der Waals surface area contributed by atoms with Crippen LogP contribution in [0, 0.1) is 11.3 Å². The first-order valence-corrected chi connectivity index (χ1v) is 5.79. The molecule has 0 heterocycles. The Hall–Kier alpha value is -1.47. The molecule has 0 saturated heterocycles. The molecule has 1 aliphatic rings. The molecule has 1 aliphatic carbocycles. The number of anilines is 1. The highest BCUT2D eigenvalue weighted by Crippen LogP contribution is 2.33. The zero-order valence-electron chi connectivity index (χ0n) is 9.12. The Bertz CT molecular complexity index is 472. The van der Waals surface area contributed by atoms with E-state index in [1.165, 1.54) is 12.1 Å². The molecule has 3 nitrogen and oxygen atoms in total. The summed E-state index contributed by atoms with van der Waals surface area (Å²) in [6, 6.07) is 4.84. The third-order valence-electron chi connectivity index (χ3n) is 2.87. The van der Waals surface area contributed by atoms with Gasteiger partial charge in [0.15, 0.2) is 0 Å². The highest BCUT2D eigenvalue weighted by molar-refractivity contribution is 6.32. The van der Waals surface area contributed by atoms with Crippen molar-refractivity contribution in [2.45, 2.75) is 31.5 Å². The first-order valence-electron chi connectivity index (χ1n) is 5.41. The summed E-state index contributed by atoms with van der Waals surface area (Å²) in [5.74, 6) is 0.351. The van der Waals surface area contributed by atoms with E-state index in [1.807, 2.05) is 6.07 Å². The molecular weight excluding hydrogens is 243 g/mol. The van der Waals surface area contributed by atoms with Gasteiger partial charge in [0.2, 0.25) is 0 Å². The monoisotopic (exact) mass is 254 g/mol. The van der Waals surface area contributed by atoms with E-state index >= 15 is 0 Å². The lowest BCUT2D eigenvalue weighted by atomic mass is 10.2. The Morgan fingerprint density at radius 1 is 1.47 bits per heavy atom. The number of nitrogen functional groups attached to an aromatic ring is 1. The van der Waals surface area contributed by atoms with Crippen molar-refractivity contribution in [1.29, 1.82) is 5.26 Å². The van der Waals surface area contributed by atoms with Crippen LogP contribution in [0.2, 0.25) is 5.02 Å². The zero-order chi connectivity index (χ0) is 12.4. The third-order valence-corrected chi connectivity index (χ3v) is 3.18. The summed E-state index contributed by atoms with van der Waals surface area (Å²) in [5.41, 5.74) is 6.33. The van der Waals surface area contributed by atoms with Crippen LogP contribution >= 0.6 is 11.6 Å². The second kappa shape index (κ2) is 4.80. The van der Waals surface area contributed by atoms with Crippen molar-refractivity contribution in [3.8, 4) is 11.8 Å². The molecule has 5 heteroatoms. The van der Waals surface area contributed by atoms with E-state index in [-0.39, 0.29) is 5.02 Å². The maximum atomic E-state index is 13.4. The van der Waals surface area contributed by atoms with Crippen molar-refractivity contribution < 1.29 is 9.13 Å². The summed E-state index contributed by atoms with van der Waals surface area (Å²) in [7, 11) is 0. The van der Waals surface area contributed by atoms with Crippen LogP contribution < -0.4 is 10.5 Å². The molecule has 0 aliphatic heterocycles. The van der Waals surface area contributed by atoms with Gasteiger partial charge in [-0.15, -0.1) is 0 Å². The Morgan fingerprint density at radius 2 is 2.24 bits per heavy atom. The Balaban J connectivity index is 2.22. The van der Waals surface area contributed by atoms with Crippen molar-refractivity contribution >= 4 is 17.3 Å². The molecule has 17 heavy (non-hydrogen) atoms. The SMILES string of the molecule is N#Cc1cc(N)c(O[C@@H]2CCC[C@@H]2F)cc1Cl. The van der Waals surface area contributed by atoms with E-state index in [4.69, 9.17) is 27.3 Å². The summed E-state index contributed by atoms with van der Waals surface area (Å²) < 4.78 is 18.9. The van der Waals surface area contributed by atoms with Crippen LogP contribution in [-0.2, 0) is 0 Å². The lowest BCUT2D eigenvalue weighted by Crippen LogP contribution is -2.22. The zero-order valence-corrected chi connectivity index (χ0v) is 9.88. The number of hydrogen-bond donors (Lipinski definition) is 1. The Labute approximate surface area is 104 Å². The van der Waals surface area contributed by atoms with Crippen LogP contribution in [0.25, 0.3) is 0 Å². The fourth-order valence-electron chi connectivity index (χ4n) is 1.94. The van der Waals surface area contributed by atoms with Crippen LogP contribution in [0.1, 0.15) is 24.8 Å². The molecule has 1 saturated carbocycles. The van der Waals surface area contributed by atoms with Crippen molar-refractivity contribution in [2.75, 3.05) is 5.73 Å². The van der Waals surface area contributed by atoms with E-state index in [1.54, 1.807) is 0 Å². The van der Waals surface area contributed by atoms with Gasteiger partial charge in [0, 0.05) is 6.07 Å². The highest BCUT2D eigenvalue weighted by Gasteiger charge is 2.29. The minimum atomic E-state index is -0.955. The molecule has 0 unspecified atom stereocenters. The average molecular weight is 255 g/mol. The molecule has 0 bridgehead atoms. The molecule has 1 aromatic rings. The number of ether oxygens (including phenoxy) is 1. The summed E-state index contributed by atoms with van der Waals surface area (Å²) in [4.78, 5) is 0. The van der Waals surface area contributed by atoms with E-state index in [0.717, 1.165) is 6.42 Å². The van der Waals surface area contributed by atoms with E-state index < -0.39 is 12.3 Å².